The van der Waals surface area contributed by atoms with E-state index in [-0.39, 0.29) is 18.4 Å². The van der Waals surface area contributed by atoms with Crippen molar-refractivity contribution in [3.05, 3.63) is 83.4 Å². The van der Waals surface area contributed by atoms with Gasteiger partial charge >= 0.3 is 11.9 Å². The minimum absolute atomic E-state index is 0.231. The van der Waals surface area contributed by atoms with Crippen LogP contribution in [0.5, 0.6) is 23.0 Å². The number of hydrogen-bond donors (Lipinski definition) is 0. The maximum atomic E-state index is 11.8. The number of carbonyl (C=O) groups is 2. The Morgan fingerprint density at radius 1 is 0.649 bits per heavy atom. The molecule has 0 aliphatic heterocycles. The zero-order valence-electron chi connectivity index (χ0n) is 21.7. The summed E-state index contributed by atoms with van der Waals surface area (Å²) in [6.07, 6.45) is 1.64. The van der Waals surface area contributed by atoms with Crippen LogP contribution in [0.2, 0.25) is 0 Å². The van der Waals surface area contributed by atoms with E-state index in [1.807, 2.05) is 66.7 Å². The normalized spacial score (nSPS) is 10.5. The molecule has 7 heteroatoms. The minimum atomic E-state index is -0.234. The molecule has 0 aliphatic rings. The fourth-order valence-electron chi connectivity index (χ4n) is 3.67. The Labute approximate surface area is 218 Å². The fourth-order valence-corrected chi connectivity index (χ4v) is 3.67. The topological polar surface area (TPSA) is 80.3 Å². The van der Waals surface area contributed by atoms with Gasteiger partial charge in [0.15, 0.2) is 23.0 Å². The maximum Gasteiger partial charge on any atom is 0.306 e. The van der Waals surface area contributed by atoms with Crippen LogP contribution in [0.1, 0.15) is 43.4 Å². The van der Waals surface area contributed by atoms with Gasteiger partial charge in [0.05, 0.1) is 20.3 Å². The number of hydrogen-bond acceptors (Lipinski definition) is 7. The van der Waals surface area contributed by atoms with Crippen molar-refractivity contribution in [2.75, 3.05) is 20.3 Å². The second-order valence-electron chi connectivity index (χ2n) is 8.25. The standard InChI is InChI=1S/C30H34O7/c1-4-34-29(31)17-13-22-11-15-25(27(19-22)33-3)37-26-16-12-23(14-18-30(32)35-5-2)20-28(26)36-21-24-9-7-6-8-10-24/h6-12,15-16,19-20H,4-5,13-14,17-18,21H2,1-3H3. The molecular formula is C30H34O7. The van der Waals surface area contributed by atoms with Crippen molar-refractivity contribution in [1.82, 2.24) is 0 Å². The molecule has 0 amide bonds. The maximum absolute atomic E-state index is 11.8. The van der Waals surface area contributed by atoms with Gasteiger partial charge in [0.25, 0.3) is 0 Å². The van der Waals surface area contributed by atoms with Gasteiger partial charge in [0.1, 0.15) is 6.61 Å². The second-order valence-corrected chi connectivity index (χ2v) is 8.25. The van der Waals surface area contributed by atoms with Crippen LogP contribution in [-0.4, -0.2) is 32.3 Å². The van der Waals surface area contributed by atoms with Crippen LogP contribution in [0.25, 0.3) is 0 Å². The van der Waals surface area contributed by atoms with Crippen LogP contribution < -0.4 is 14.2 Å². The van der Waals surface area contributed by atoms with Gasteiger partial charge in [-0.1, -0.05) is 42.5 Å². The predicted octanol–water partition coefficient (Wildman–Crippen LogP) is 6.06. The smallest absolute Gasteiger partial charge is 0.306 e. The first-order valence-corrected chi connectivity index (χ1v) is 12.5. The van der Waals surface area contributed by atoms with Crippen LogP contribution in [-0.2, 0) is 38.5 Å². The zero-order valence-corrected chi connectivity index (χ0v) is 21.7. The molecule has 0 aromatic heterocycles. The van der Waals surface area contributed by atoms with Gasteiger partial charge in [-0.3, -0.25) is 9.59 Å². The Kier molecular flexibility index (Phi) is 10.8. The van der Waals surface area contributed by atoms with Crippen molar-refractivity contribution >= 4 is 11.9 Å². The molecule has 0 fully saturated rings. The van der Waals surface area contributed by atoms with E-state index in [0.717, 1.165) is 16.7 Å². The Morgan fingerprint density at radius 3 is 1.73 bits per heavy atom. The molecule has 0 aliphatic carbocycles. The number of ether oxygens (including phenoxy) is 5. The highest BCUT2D eigenvalue weighted by Crippen LogP contribution is 2.38. The van der Waals surface area contributed by atoms with Crippen molar-refractivity contribution in [3.8, 4) is 23.0 Å². The molecule has 3 rings (SSSR count). The van der Waals surface area contributed by atoms with Gasteiger partial charge in [-0.25, -0.2) is 0 Å². The zero-order chi connectivity index (χ0) is 26.5. The summed E-state index contributed by atoms with van der Waals surface area (Å²) >= 11 is 0. The van der Waals surface area contributed by atoms with E-state index in [0.29, 0.717) is 62.1 Å². The molecule has 0 heterocycles. The molecule has 37 heavy (non-hydrogen) atoms. The Balaban J connectivity index is 1.79. The summed E-state index contributed by atoms with van der Waals surface area (Å²) in [7, 11) is 1.57. The quantitative estimate of drug-likeness (QED) is 0.246. The Hall–Kier alpha value is -4.00. The summed E-state index contributed by atoms with van der Waals surface area (Å²) in [5.41, 5.74) is 2.89. The van der Waals surface area contributed by atoms with E-state index in [9.17, 15) is 9.59 Å². The van der Waals surface area contributed by atoms with Crippen LogP contribution in [0.15, 0.2) is 66.7 Å². The molecule has 0 saturated carbocycles. The van der Waals surface area contributed by atoms with Gasteiger partial charge in [0, 0.05) is 12.8 Å². The summed E-state index contributed by atoms with van der Waals surface area (Å²) in [5.74, 6) is 1.67. The van der Waals surface area contributed by atoms with Gasteiger partial charge in [-0.2, -0.15) is 0 Å². The highest BCUT2D eigenvalue weighted by atomic mass is 16.5. The molecule has 0 atom stereocenters. The first kappa shape index (κ1) is 27.6. The summed E-state index contributed by atoms with van der Waals surface area (Å²) in [4.78, 5) is 23.5. The first-order valence-electron chi connectivity index (χ1n) is 12.5. The molecule has 0 N–H and O–H groups in total. The number of methoxy groups -OCH3 is 1. The third-order valence-electron chi connectivity index (χ3n) is 5.54. The van der Waals surface area contributed by atoms with Crippen molar-refractivity contribution in [3.63, 3.8) is 0 Å². The SMILES string of the molecule is CCOC(=O)CCc1ccc(Oc2ccc(CCC(=O)OCC)cc2OCc2ccccc2)c(OC)c1. The molecule has 3 aromatic carbocycles. The second kappa shape index (κ2) is 14.5. The van der Waals surface area contributed by atoms with Gasteiger partial charge in [-0.05, 0) is 67.6 Å². The molecule has 3 aromatic rings. The van der Waals surface area contributed by atoms with Gasteiger partial charge in [-0.15, -0.1) is 0 Å². The summed E-state index contributed by atoms with van der Waals surface area (Å²) in [5, 5.41) is 0. The Bertz CT molecular complexity index is 1160. The lowest BCUT2D eigenvalue weighted by Crippen LogP contribution is -2.05. The van der Waals surface area contributed by atoms with E-state index >= 15 is 0 Å². The number of benzene rings is 3. The third kappa shape index (κ3) is 8.86. The molecular weight excluding hydrogens is 472 g/mol. The van der Waals surface area contributed by atoms with E-state index in [4.69, 9.17) is 23.7 Å². The minimum Gasteiger partial charge on any atom is -0.493 e. The molecule has 196 valence electrons. The van der Waals surface area contributed by atoms with Crippen LogP contribution in [0.4, 0.5) is 0 Å². The lowest BCUT2D eigenvalue weighted by molar-refractivity contribution is -0.144. The molecule has 0 bridgehead atoms. The average Bonchev–Trinajstić information content (AvgIpc) is 2.92. The van der Waals surface area contributed by atoms with Crippen LogP contribution >= 0.6 is 0 Å². The largest absolute Gasteiger partial charge is 0.493 e. The van der Waals surface area contributed by atoms with E-state index in [1.54, 1.807) is 21.0 Å². The molecule has 0 spiro atoms. The third-order valence-corrected chi connectivity index (χ3v) is 5.54. The van der Waals surface area contributed by atoms with Crippen molar-refractivity contribution in [2.45, 2.75) is 46.1 Å². The average molecular weight is 507 g/mol. The monoisotopic (exact) mass is 506 g/mol. The van der Waals surface area contributed by atoms with Crippen molar-refractivity contribution in [2.24, 2.45) is 0 Å². The summed E-state index contributed by atoms with van der Waals surface area (Å²) < 4.78 is 28.0. The molecule has 7 nitrogen and oxygen atoms in total. The van der Waals surface area contributed by atoms with Gasteiger partial charge < -0.3 is 23.7 Å². The van der Waals surface area contributed by atoms with E-state index < -0.39 is 0 Å². The van der Waals surface area contributed by atoms with Crippen molar-refractivity contribution < 1.29 is 33.3 Å². The van der Waals surface area contributed by atoms with E-state index in [2.05, 4.69) is 0 Å². The summed E-state index contributed by atoms with van der Waals surface area (Å²) in [6.45, 7) is 4.67. The number of rotatable bonds is 14. The highest BCUT2D eigenvalue weighted by Gasteiger charge is 2.14. The molecule has 0 unspecified atom stereocenters. The lowest BCUT2D eigenvalue weighted by atomic mass is 10.1. The van der Waals surface area contributed by atoms with Crippen LogP contribution in [0, 0.1) is 0 Å². The number of esters is 2. The van der Waals surface area contributed by atoms with Gasteiger partial charge in [0.2, 0.25) is 0 Å². The van der Waals surface area contributed by atoms with Crippen molar-refractivity contribution in [1.29, 1.82) is 0 Å². The van der Waals surface area contributed by atoms with E-state index in [1.165, 1.54) is 0 Å². The Morgan fingerprint density at radius 2 is 1.19 bits per heavy atom. The molecule has 0 saturated heterocycles. The number of carbonyl (C=O) groups excluding carboxylic acids is 2. The number of aryl methyl sites for hydroxylation is 2. The lowest BCUT2D eigenvalue weighted by Gasteiger charge is -2.16. The molecule has 0 radical (unpaired) electrons. The summed E-state index contributed by atoms with van der Waals surface area (Å²) in [6, 6.07) is 21.0. The highest BCUT2D eigenvalue weighted by molar-refractivity contribution is 5.70. The fraction of sp³-hybridized carbons (Fsp3) is 0.333. The first-order chi connectivity index (χ1) is 18.0. The predicted molar refractivity (Wildman–Crippen MR) is 140 cm³/mol. The van der Waals surface area contributed by atoms with Crippen LogP contribution in [0.3, 0.4) is 0 Å².